The van der Waals surface area contributed by atoms with Crippen molar-refractivity contribution < 1.29 is 9.53 Å². The Kier molecular flexibility index (Phi) is 2.36. The minimum absolute atomic E-state index is 0.0566. The van der Waals surface area contributed by atoms with E-state index in [0.29, 0.717) is 12.2 Å². The van der Waals surface area contributed by atoms with Crippen molar-refractivity contribution in [3.63, 3.8) is 0 Å². The lowest BCUT2D eigenvalue weighted by molar-refractivity contribution is -0.116. The Hall–Kier alpha value is -1.55. The highest BCUT2D eigenvalue weighted by Crippen LogP contribution is 2.38. The van der Waals surface area contributed by atoms with E-state index in [1.807, 2.05) is 19.1 Å². The number of ether oxygens (including phenoxy) is 1. The number of methoxy groups -OCH3 is 1. The van der Waals surface area contributed by atoms with Gasteiger partial charge in [0.15, 0.2) is 0 Å². The molecule has 0 aliphatic carbocycles. The summed E-state index contributed by atoms with van der Waals surface area (Å²) in [5.74, 6) is 0.609. The number of amides is 1. The van der Waals surface area contributed by atoms with Crippen LogP contribution in [0.5, 0.6) is 5.75 Å². The van der Waals surface area contributed by atoms with Gasteiger partial charge in [0, 0.05) is 12.5 Å². The Morgan fingerprint density at radius 2 is 2.27 bits per heavy atom. The van der Waals surface area contributed by atoms with Gasteiger partial charge in [-0.15, -0.1) is 0 Å². The molecule has 1 unspecified atom stereocenters. The van der Waals surface area contributed by atoms with Gasteiger partial charge < -0.3 is 15.8 Å². The van der Waals surface area contributed by atoms with Crippen LogP contribution in [0.3, 0.4) is 0 Å². The Morgan fingerprint density at radius 3 is 2.93 bits per heavy atom. The maximum absolute atomic E-state index is 11.4. The van der Waals surface area contributed by atoms with Crippen LogP contribution in [0.1, 0.15) is 23.6 Å². The van der Waals surface area contributed by atoms with E-state index in [0.717, 1.165) is 16.8 Å². The van der Waals surface area contributed by atoms with Crippen LogP contribution < -0.4 is 15.8 Å². The monoisotopic (exact) mass is 206 g/mol. The Bertz CT molecular complexity index is 415. The Labute approximate surface area is 88.4 Å². The molecule has 1 aromatic carbocycles. The predicted molar refractivity (Wildman–Crippen MR) is 57.9 cm³/mol. The molecule has 80 valence electrons. The molecule has 0 saturated carbocycles. The highest BCUT2D eigenvalue weighted by Gasteiger charge is 2.26. The standard InChI is InChI=1S/C11H14N2O2/c1-6-3-4-8(15-2)11-10(6)7(12)5-9(14)13-11/h3-4,7H,5,12H2,1-2H3,(H,13,14). The molecule has 4 nitrogen and oxygen atoms in total. The summed E-state index contributed by atoms with van der Waals surface area (Å²) in [7, 11) is 1.58. The third-order valence-corrected chi connectivity index (χ3v) is 2.69. The molecule has 0 fully saturated rings. The molecule has 1 aliphatic heterocycles. The van der Waals surface area contributed by atoms with Gasteiger partial charge in [-0.25, -0.2) is 0 Å². The Balaban J connectivity index is 2.61. The molecular formula is C11H14N2O2. The molecule has 2 rings (SSSR count). The van der Waals surface area contributed by atoms with Gasteiger partial charge in [-0.2, -0.15) is 0 Å². The number of anilines is 1. The van der Waals surface area contributed by atoms with E-state index in [4.69, 9.17) is 10.5 Å². The zero-order valence-electron chi connectivity index (χ0n) is 8.83. The molecule has 15 heavy (non-hydrogen) atoms. The lowest BCUT2D eigenvalue weighted by Crippen LogP contribution is -2.28. The summed E-state index contributed by atoms with van der Waals surface area (Å²) >= 11 is 0. The third-order valence-electron chi connectivity index (χ3n) is 2.69. The highest BCUT2D eigenvalue weighted by atomic mass is 16.5. The molecule has 1 atom stereocenters. The van der Waals surface area contributed by atoms with Crippen molar-refractivity contribution in [3.05, 3.63) is 23.3 Å². The average molecular weight is 206 g/mol. The van der Waals surface area contributed by atoms with E-state index >= 15 is 0 Å². The first-order valence-electron chi connectivity index (χ1n) is 4.86. The second-order valence-corrected chi connectivity index (χ2v) is 3.73. The number of nitrogens with two attached hydrogens (primary N) is 1. The van der Waals surface area contributed by atoms with Crippen molar-refractivity contribution >= 4 is 11.6 Å². The molecule has 3 N–H and O–H groups in total. The lowest BCUT2D eigenvalue weighted by Gasteiger charge is -2.26. The largest absolute Gasteiger partial charge is 0.495 e. The zero-order valence-corrected chi connectivity index (χ0v) is 8.83. The normalized spacial score (nSPS) is 19.4. The van der Waals surface area contributed by atoms with E-state index in [-0.39, 0.29) is 11.9 Å². The fourth-order valence-corrected chi connectivity index (χ4v) is 1.97. The van der Waals surface area contributed by atoms with Crippen LogP contribution in [-0.2, 0) is 4.79 Å². The number of hydrogen-bond donors (Lipinski definition) is 2. The van der Waals surface area contributed by atoms with Crippen molar-refractivity contribution in [2.45, 2.75) is 19.4 Å². The van der Waals surface area contributed by atoms with Crippen molar-refractivity contribution in [1.29, 1.82) is 0 Å². The van der Waals surface area contributed by atoms with Crippen molar-refractivity contribution in [2.24, 2.45) is 5.73 Å². The number of fused-ring (bicyclic) bond motifs is 1. The molecule has 0 aromatic heterocycles. The van der Waals surface area contributed by atoms with E-state index < -0.39 is 0 Å². The van der Waals surface area contributed by atoms with Gasteiger partial charge >= 0.3 is 0 Å². The van der Waals surface area contributed by atoms with Gasteiger partial charge in [-0.05, 0) is 24.1 Å². The van der Waals surface area contributed by atoms with Crippen LogP contribution >= 0.6 is 0 Å². The summed E-state index contributed by atoms with van der Waals surface area (Å²) in [5.41, 5.74) is 8.73. The Morgan fingerprint density at radius 1 is 1.53 bits per heavy atom. The first kappa shape index (κ1) is 9.98. The van der Waals surface area contributed by atoms with Crippen molar-refractivity contribution in [1.82, 2.24) is 0 Å². The summed E-state index contributed by atoms with van der Waals surface area (Å²) in [6.07, 6.45) is 0.334. The van der Waals surface area contributed by atoms with E-state index in [2.05, 4.69) is 5.32 Å². The van der Waals surface area contributed by atoms with E-state index in [1.54, 1.807) is 7.11 Å². The highest BCUT2D eigenvalue weighted by molar-refractivity contribution is 5.96. The van der Waals surface area contributed by atoms with Crippen molar-refractivity contribution in [2.75, 3.05) is 12.4 Å². The third kappa shape index (κ3) is 1.57. The fourth-order valence-electron chi connectivity index (χ4n) is 1.97. The summed E-state index contributed by atoms with van der Waals surface area (Å²) in [5, 5.41) is 2.81. The number of benzene rings is 1. The van der Waals surface area contributed by atoms with Gasteiger partial charge in [0.2, 0.25) is 5.91 Å². The summed E-state index contributed by atoms with van der Waals surface area (Å²) < 4.78 is 5.19. The maximum Gasteiger partial charge on any atom is 0.226 e. The van der Waals surface area contributed by atoms with Gasteiger partial charge in [0.25, 0.3) is 0 Å². The second-order valence-electron chi connectivity index (χ2n) is 3.73. The van der Waals surface area contributed by atoms with Gasteiger partial charge in [0.05, 0.1) is 12.8 Å². The molecule has 1 heterocycles. The molecule has 0 saturated heterocycles. The van der Waals surface area contributed by atoms with Crippen molar-refractivity contribution in [3.8, 4) is 5.75 Å². The molecule has 4 heteroatoms. The van der Waals surface area contributed by atoms with Crippen LogP contribution in [0.15, 0.2) is 12.1 Å². The fraction of sp³-hybridized carbons (Fsp3) is 0.364. The first-order chi connectivity index (χ1) is 7.13. The number of rotatable bonds is 1. The molecule has 0 bridgehead atoms. The predicted octanol–water partition coefficient (Wildman–Crippen LogP) is 1.35. The van der Waals surface area contributed by atoms with Crippen LogP contribution in [0, 0.1) is 6.92 Å². The van der Waals surface area contributed by atoms with Gasteiger partial charge in [0.1, 0.15) is 5.75 Å². The van der Waals surface area contributed by atoms with E-state index in [1.165, 1.54) is 0 Å². The second kappa shape index (κ2) is 3.55. The first-order valence-corrected chi connectivity index (χ1v) is 4.86. The lowest BCUT2D eigenvalue weighted by atomic mass is 9.93. The van der Waals surface area contributed by atoms with Gasteiger partial charge in [-0.1, -0.05) is 6.07 Å². The molecule has 0 radical (unpaired) electrons. The number of carbonyl (C=O) groups is 1. The molecule has 1 amide bonds. The topological polar surface area (TPSA) is 64.3 Å². The van der Waals surface area contributed by atoms with E-state index in [9.17, 15) is 4.79 Å². The van der Waals surface area contributed by atoms with Gasteiger partial charge in [-0.3, -0.25) is 4.79 Å². The SMILES string of the molecule is COc1ccc(C)c2c1NC(=O)CC2N. The molecule has 1 aliphatic rings. The summed E-state index contributed by atoms with van der Waals surface area (Å²) in [4.78, 5) is 11.4. The number of nitrogens with one attached hydrogen (secondary N) is 1. The molecule has 1 aromatic rings. The molecular weight excluding hydrogens is 192 g/mol. The maximum atomic E-state index is 11.4. The average Bonchev–Trinajstić information content (AvgIpc) is 2.17. The van der Waals surface area contributed by atoms with Crippen LogP contribution in [-0.4, -0.2) is 13.0 Å². The van der Waals surface area contributed by atoms with Crippen LogP contribution in [0.25, 0.3) is 0 Å². The van der Waals surface area contributed by atoms with Crippen LogP contribution in [0.2, 0.25) is 0 Å². The minimum atomic E-state index is -0.233. The quantitative estimate of drug-likeness (QED) is 0.728. The number of carbonyl (C=O) groups excluding carboxylic acids is 1. The smallest absolute Gasteiger partial charge is 0.226 e. The zero-order chi connectivity index (χ0) is 11.0. The summed E-state index contributed by atoms with van der Waals surface area (Å²) in [6, 6.07) is 3.56. The molecule has 0 spiro atoms. The van der Waals surface area contributed by atoms with Crippen LogP contribution in [0.4, 0.5) is 5.69 Å². The number of hydrogen-bond acceptors (Lipinski definition) is 3. The number of aryl methyl sites for hydroxylation is 1. The summed E-state index contributed by atoms with van der Waals surface area (Å²) in [6.45, 7) is 1.98. The minimum Gasteiger partial charge on any atom is -0.495 e.